The third-order valence-corrected chi connectivity index (χ3v) is 2.22. The first-order valence-corrected chi connectivity index (χ1v) is 5.03. The van der Waals surface area contributed by atoms with Gasteiger partial charge < -0.3 is 4.32 Å². The van der Waals surface area contributed by atoms with Crippen LogP contribution in [0.2, 0.25) is 6.32 Å². The molecule has 0 aliphatic rings. The zero-order valence-corrected chi connectivity index (χ0v) is 8.17. The first-order chi connectivity index (χ1) is 6.34. The lowest BCUT2D eigenvalue weighted by Gasteiger charge is -2.02. The fourth-order valence-corrected chi connectivity index (χ4v) is 1.40. The standard InChI is InChI=1S/C11H16BF/c1-2-3-7-10-12(13)11-8-5-4-6-9-11/h4-6,8-9H,2-3,7,10H2,1H3. The van der Waals surface area contributed by atoms with Gasteiger partial charge in [-0.05, 0) is 11.8 Å². The Hall–Kier alpha value is -0.785. The van der Waals surface area contributed by atoms with E-state index in [1.54, 1.807) is 0 Å². The predicted octanol–water partition coefficient (Wildman–Crippen LogP) is 3.04. The number of hydrogen-bond donors (Lipinski definition) is 0. The molecule has 2 heteroatoms. The molecule has 1 aromatic rings. The minimum Gasteiger partial charge on any atom is -0.329 e. The van der Waals surface area contributed by atoms with Crippen LogP contribution in [0.5, 0.6) is 0 Å². The number of rotatable bonds is 5. The van der Waals surface area contributed by atoms with Gasteiger partial charge in [0.2, 0.25) is 0 Å². The van der Waals surface area contributed by atoms with E-state index in [1.165, 1.54) is 0 Å². The summed E-state index contributed by atoms with van der Waals surface area (Å²) in [5.41, 5.74) is 0.818. The van der Waals surface area contributed by atoms with Crippen LogP contribution in [0.15, 0.2) is 30.3 Å². The first-order valence-electron chi connectivity index (χ1n) is 5.03. The van der Waals surface area contributed by atoms with Gasteiger partial charge in [0.25, 0.3) is 0 Å². The molecule has 0 aliphatic carbocycles. The van der Waals surface area contributed by atoms with E-state index in [0.717, 1.165) is 24.7 Å². The Morgan fingerprint density at radius 2 is 1.85 bits per heavy atom. The highest BCUT2D eigenvalue weighted by Crippen LogP contribution is 2.05. The lowest BCUT2D eigenvalue weighted by atomic mass is 9.60. The Kier molecular flexibility index (Phi) is 4.59. The van der Waals surface area contributed by atoms with E-state index in [-0.39, 0.29) is 0 Å². The van der Waals surface area contributed by atoms with E-state index in [9.17, 15) is 4.32 Å². The summed E-state index contributed by atoms with van der Waals surface area (Å²) in [7, 11) is 0. The van der Waals surface area contributed by atoms with E-state index < -0.39 is 6.99 Å². The van der Waals surface area contributed by atoms with E-state index >= 15 is 0 Å². The minimum atomic E-state index is -0.771. The number of benzene rings is 1. The van der Waals surface area contributed by atoms with Crippen molar-refractivity contribution in [2.75, 3.05) is 0 Å². The monoisotopic (exact) mass is 178 g/mol. The molecule has 0 radical (unpaired) electrons. The Labute approximate surface area is 80.3 Å². The van der Waals surface area contributed by atoms with Gasteiger partial charge in [-0.2, -0.15) is 0 Å². The summed E-state index contributed by atoms with van der Waals surface area (Å²) in [5.74, 6) is 0. The molecule has 0 saturated heterocycles. The molecule has 0 aromatic heterocycles. The molecule has 0 unspecified atom stereocenters. The topological polar surface area (TPSA) is 0 Å². The van der Waals surface area contributed by atoms with Gasteiger partial charge in [0, 0.05) is 0 Å². The summed E-state index contributed by atoms with van der Waals surface area (Å²) in [5, 5.41) is 0. The fourth-order valence-electron chi connectivity index (χ4n) is 1.40. The van der Waals surface area contributed by atoms with Gasteiger partial charge in [-0.25, -0.2) is 0 Å². The van der Waals surface area contributed by atoms with Crippen LogP contribution in [0.4, 0.5) is 4.32 Å². The molecule has 0 atom stereocenters. The Morgan fingerprint density at radius 3 is 2.46 bits per heavy atom. The largest absolute Gasteiger partial charge is 0.380 e. The van der Waals surface area contributed by atoms with Crippen molar-refractivity contribution in [1.82, 2.24) is 0 Å². The third-order valence-electron chi connectivity index (χ3n) is 2.22. The third kappa shape index (κ3) is 3.62. The molecule has 0 spiro atoms. The van der Waals surface area contributed by atoms with Gasteiger partial charge in [-0.1, -0.05) is 56.5 Å². The van der Waals surface area contributed by atoms with Crippen molar-refractivity contribution in [3.63, 3.8) is 0 Å². The smallest absolute Gasteiger partial charge is 0.329 e. The average molecular weight is 178 g/mol. The van der Waals surface area contributed by atoms with Crippen LogP contribution >= 0.6 is 0 Å². The molecule has 0 saturated carbocycles. The first kappa shape index (κ1) is 10.3. The predicted molar refractivity (Wildman–Crippen MR) is 57.3 cm³/mol. The summed E-state index contributed by atoms with van der Waals surface area (Å²) in [6, 6.07) is 9.42. The van der Waals surface area contributed by atoms with Gasteiger partial charge in [0.05, 0.1) is 0 Å². The van der Waals surface area contributed by atoms with E-state index in [1.807, 2.05) is 30.3 Å². The van der Waals surface area contributed by atoms with Gasteiger partial charge in [0.15, 0.2) is 0 Å². The van der Waals surface area contributed by atoms with E-state index in [0.29, 0.717) is 6.32 Å². The normalized spacial score (nSPS) is 10.0. The summed E-state index contributed by atoms with van der Waals surface area (Å²) >= 11 is 0. The highest BCUT2D eigenvalue weighted by atomic mass is 19.1. The summed E-state index contributed by atoms with van der Waals surface area (Å²) < 4.78 is 13.5. The summed E-state index contributed by atoms with van der Waals surface area (Å²) in [4.78, 5) is 0. The molecule has 0 heterocycles. The maximum absolute atomic E-state index is 13.5. The second kappa shape index (κ2) is 5.79. The fraction of sp³-hybridized carbons (Fsp3) is 0.455. The van der Waals surface area contributed by atoms with Crippen LogP contribution in [-0.2, 0) is 0 Å². The van der Waals surface area contributed by atoms with Gasteiger partial charge >= 0.3 is 6.99 Å². The molecule has 0 bridgehead atoms. The maximum Gasteiger partial charge on any atom is 0.380 e. The average Bonchev–Trinajstić information content (AvgIpc) is 2.19. The highest BCUT2D eigenvalue weighted by Gasteiger charge is 2.14. The van der Waals surface area contributed by atoms with Crippen molar-refractivity contribution in [2.45, 2.75) is 32.5 Å². The summed E-state index contributed by atoms with van der Waals surface area (Å²) in [6.45, 7) is 1.36. The Morgan fingerprint density at radius 1 is 1.15 bits per heavy atom. The lowest BCUT2D eigenvalue weighted by Crippen LogP contribution is -2.24. The molecule has 0 N–H and O–H groups in total. The van der Waals surface area contributed by atoms with Crippen molar-refractivity contribution in [2.24, 2.45) is 0 Å². The van der Waals surface area contributed by atoms with Crippen molar-refractivity contribution in [3.8, 4) is 0 Å². The van der Waals surface area contributed by atoms with E-state index in [4.69, 9.17) is 0 Å². The highest BCUT2D eigenvalue weighted by molar-refractivity contribution is 6.66. The zero-order valence-electron chi connectivity index (χ0n) is 8.17. The second-order valence-corrected chi connectivity index (χ2v) is 3.37. The van der Waals surface area contributed by atoms with Crippen LogP contribution in [0.25, 0.3) is 0 Å². The summed E-state index contributed by atoms with van der Waals surface area (Å²) in [6.07, 6.45) is 3.94. The van der Waals surface area contributed by atoms with Crippen LogP contribution < -0.4 is 5.46 Å². The lowest BCUT2D eigenvalue weighted by molar-refractivity contribution is 0.738. The van der Waals surface area contributed by atoms with Gasteiger partial charge in [0.1, 0.15) is 0 Å². The maximum atomic E-state index is 13.5. The van der Waals surface area contributed by atoms with Crippen molar-refractivity contribution < 1.29 is 4.32 Å². The Balaban J connectivity index is 2.35. The molecular formula is C11H16BF. The number of unbranched alkanes of at least 4 members (excludes halogenated alkanes) is 2. The molecule has 0 fully saturated rings. The molecule has 13 heavy (non-hydrogen) atoms. The van der Waals surface area contributed by atoms with Crippen LogP contribution in [0.3, 0.4) is 0 Å². The molecule has 1 aromatic carbocycles. The SMILES string of the molecule is CCCCCB(F)c1ccccc1. The van der Waals surface area contributed by atoms with Crippen LogP contribution in [-0.4, -0.2) is 6.99 Å². The molecule has 1 rings (SSSR count). The zero-order chi connectivity index (χ0) is 9.52. The van der Waals surface area contributed by atoms with Gasteiger partial charge in [-0.15, -0.1) is 0 Å². The Bertz CT molecular complexity index is 223. The minimum absolute atomic E-state index is 0.665. The second-order valence-electron chi connectivity index (χ2n) is 3.37. The van der Waals surface area contributed by atoms with E-state index in [2.05, 4.69) is 6.92 Å². The van der Waals surface area contributed by atoms with Crippen LogP contribution in [0, 0.1) is 0 Å². The van der Waals surface area contributed by atoms with Crippen molar-refractivity contribution in [1.29, 1.82) is 0 Å². The molecular weight excluding hydrogens is 162 g/mol. The van der Waals surface area contributed by atoms with Crippen LogP contribution in [0.1, 0.15) is 26.2 Å². The number of halogens is 1. The molecule has 0 aliphatic heterocycles. The quantitative estimate of drug-likeness (QED) is 0.480. The molecule has 0 amide bonds. The van der Waals surface area contributed by atoms with Crippen molar-refractivity contribution >= 4 is 12.5 Å². The van der Waals surface area contributed by atoms with Gasteiger partial charge in [-0.3, -0.25) is 0 Å². The number of hydrogen-bond acceptors (Lipinski definition) is 0. The van der Waals surface area contributed by atoms with Crippen molar-refractivity contribution in [3.05, 3.63) is 30.3 Å². The molecule has 0 nitrogen and oxygen atoms in total. The molecule has 70 valence electrons.